The summed E-state index contributed by atoms with van der Waals surface area (Å²) in [6.45, 7) is 7.52. The Kier molecular flexibility index (Phi) is 4.95. The van der Waals surface area contributed by atoms with Gasteiger partial charge in [0.2, 0.25) is 11.9 Å². The van der Waals surface area contributed by atoms with Crippen molar-refractivity contribution in [3.63, 3.8) is 0 Å². The molecule has 120 valence electrons. The Morgan fingerprint density at radius 2 is 2.18 bits per heavy atom. The zero-order valence-electron chi connectivity index (χ0n) is 13.0. The predicted molar refractivity (Wildman–Crippen MR) is 80.8 cm³/mol. The summed E-state index contributed by atoms with van der Waals surface area (Å²) in [5, 5.41) is 2.63. The Labute approximate surface area is 129 Å². The van der Waals surface area contributed by atoms with E-state index in [1.54, 1.807) is 11.8 Å². The molecule has 0 radical (unpaired) electrons. The van der Waals surface area contributed by atoms with Gasteiger partial charge in [0.1, 0.15) is 6.04 Å². The molecule has 2 heterocycles. The Hall–Kier alpha value is -2.18. The number of hydrogen-bond acceptors (Lipinski definition) is 3. The lowest BCUT2D eigenvalue weighted by molar-refractivity contribution is -0.139. The molecule has 1 atom stereocenters. The van der Waals surface area contributed by atoms with E-state index in [9.17, 15) is 14.0 Å². The minimum Gasteiger partial charge on any atom is -0.339 e. The van der Waals surface area contributed by atoms with Crippen LogP contribution in [0.2, 0.25) is 0 Å². The van der Waals surface area contributed by atoms with E-state index in [0.717, 1.165) is 0 Å². The molecule has 22 heavy (non-hydrogen) atoms. The van der Waals surface area contributed by atoms with Crippen molar-refractivity contribution in [2.75, 3.05) is 25.0 Å². The van der Waals surface area contributed by atoms with Gasteiger partial charge in [-0.2, -0.15) is 4.39 Å². The summed E-state index contributed by atoms with van der Waals surface area (Å²) >= 11 is 0. The van der Waals surface area contributed by atoms with Crippen LogP contribution in [0.15, 0.2) is 18.3 Å². The summed E-state index contributed by atoms with van der Waals surface area (Å²) < 4.78 is 12.8. The van der Waals surface area contributed by atoms with Crippen LogP contribution >= 0.6 is 0 Å². The summed E-state index contributed by atoms with van der Waals surface area (Å²) in [6.07, 6.45) is 1.24. The standard InChI is InChI=1S/C15H21FN4O2/c1-10(2)9-19-6-7-20(11(3)14(19)21)15(22)18-12-4-5-13(16)17-8-12/h4-5,8,10-11H,6-7,9H2,1-3H3,(H,18,22)/t11-/m0/s1. The van der Waals surface area contributed by atoms with E-state index >= 15 is 0 Å². The maximum atomic E-state index is 12.8. The molecule has 2 rings (SSSR count). The first kappa shape index (κ1) is 16.2. The molecular weight excluding hydrogens is 287 g/mol. The van der Waals surface area contributed by atoms with Gasteiger partial charge in [0.15, 0.2) is 0 Å². The molecule has 1 aromatic rings. The SMILES string of the molecule is CC(C)CN1CCN(C(=O)Nc2ccc(F)nc2)[C@@H](C)C1=O. The van der Waals surface area contributed by atoms with Crippen LogP contribution in [-0.2, 0) is 4.79 Å². The second kappa shape index (κ2) is 6.72. The molecule has 1 saturated heterocycles. The van der Waals surface area contributed by atoms with Crippen LogP contribution in [0.25, 0.3) is 0 Å². The molecule has 6 nitrogen and oxygen atoms in total. The third-order valence-electron chi connectivity index (χ3n) is 3.57. The van der Waals surface area contributed by atoms with Gasteiger partial charge in [-0.25, -0.2) is 9.78 Å². The van der Waals surface area contributed by atoms with Gasteiger partial charge < -0.3 is 15.1 Å². The highest BCUT2D eigenvalue weighted by atomic mass is 19.1. The van der Waals surface area contributed by atoms with Crippen molar-refractivity contribution in [2.24, 2.45) is 5.92 Å². The van der Waals surface area contributed by atoms with Crippen LogP contribution in [0.1, 0.15) is 20.8 Å². The number of pyridine rings is 1. The van der Waals surface area contributed by atoms with Crippen molar-refractivity contribution >= 4 is 17.6 Å². The van der Waals surface area contributed by atoms with Gasteiger partial charge in [-0.05, 0) is 25.0 Å². The van der Waals surface area contributed by atoms with Gasteiger partial charge in [-0.3, -0.25) is 4.79 Å². The molecule has 1 fully saturated rings. The molecule has 7 heteroatoms. The summed E-state index contributed by atoms with van der Waals surface area (Å²) in [5.41, 5.74) is 0.399. The average molecular weight is 308 g/mol. The molecule has 0 bridgehead atoms. The van der Waals surface area contributed by atoms with Crippen LogP contribution in [-0.4, -0.2) is 52.4 Å². The zero-order valence-corrected chi connectivity index (χ0v) is 13.0. The van der Waals surface area contributed by atoms with Crippen molar-refractivity contribution < 1.29 is 14.0 Å². The molecule has 0 aromatic carbocycles. The summed E-state index contributed by atoms with van der Waals surface area (Å²) in [4.78, 5) is 31.3. The number of rotatable bonds is 3. The predicted octanol–water partition coefficient (Wildman–Crippen LogP) is 1.94. The number of anilines is 1. The topological polar surface area (TPSA) is 65.5 Å². The summed E-state index contributed by atoms with van der Waals surface area (Å²) in [7, 11) is 0. The van der Waals surface area contributed by atoms with E-state index in [-0.39, 0.29) is 11.9 Å². The number of hydrogen-bond donors (Lipinski definition) is 1. The Morgan fingerprint density at radius 3 is 2.77 bits per heavy atom. The van der Waals surface area contributed by atoms with E-state index in [1.807, 2.05) is 0 Å². The summed E-state index contributed by atoms with van der Waals surface area (Å²) in [5.74, 6) is -0.266. The molecule has 1 aliphatic heterocycles. The quantitative estimate of drug-likeness (QED) is 0.868. The molecule has 1 aromatic heterocycles. The van der Waals surface area contributed by atoms with Gasteiger partial charge in [-0.15, -0.1) is 0 Å². The van der Waals surface area contributed by atoms with E-state index in [1.165, 1.54) is 23.2 Å². The first-order valence-corrected chi connectivity index (χ1v) is 7.36. The van der Waals surface area contributed by atoms with Crippen LogP contribution < -0.4 is 5.32 Å². The highest BCUT2D eigenvalue weighted by Crippen LogP contribution is 2.15. The van der Waals surface area contributed by atoms with Gasteiger partial charge in [0.25, 0.3) is 0 Å². The molecule has 0 unspecified atom stereocenters. The van der Waals surface area contributed by atoms with Crippen LogP contribution in [0.5, 0.6) is 0 Å². The number of urea groups is 1. The van der Waals surface area contributed by atoms with E-state index in [4.69, 9.17) is 0 Å². The van der Waals surface area contributed by atoms with Gasteiger partial charge in [-0.1, -0.05) is 13.8 Å². The fourth-order valence-electron chi connectivity index (χ4n) is 2.47. The summed E-state index contributed by atoms with van der Waals surface area (Å²) in [6, 6.07) is 1.71. The Morgan fingerprint density at radius 1 is 1.45 bits per heavy atom. The Balaban J connectivity index is 1.99. The number of nitrogens with zero attached hydrogens (tertiary/aromatic N) is 3. The maximum Gasteiger partial charge on any atom is 0.322 e. The molecule has 3 amide bonds. The van der Waals surface area contributed by atoms with E-state index < -0.39 is 12.0 Å². The van der Waals surface area contributed by atoms with E-state index in [0.29, 0.717) is 31.2 Å². The van der Waals surface area contributed by atoms with Crippen LogP contribution in [0, 0.1) is 11.9 Å². The fraction of sp³-hybridized carbons (Fsp3) is 0.533. The number of nitrogens with one attached hydrogen (secondary N) is 1. The van der Waals surface area contributed by atoms with Gasteiger partial charge in [0.05, 0.1) is 11.9 Å². The Bertz CT molecular complexity index is 547. The second-order valence-electron chi connectivity index (χ2n) is 5.85. The van der Waals surface area contributed by atoms with Crippen molar-refractivity contribution in [2.45, 2.75) is 26.8 Å². The molecular formula is C15H21FN4O2. The number of piperazine rings is 1. The highest BCUT2D eigenvalue weighted by molar-refractivity contribution is 5.94. The lowest BCUT2D eigenvalue weighted by atomic mass is 10.1. The molecule has 1 N–H and O–H groups in total. The van der Waals surface area contributed by atoms with Gasteiger partial charge >= 0.3 is 6.03 Å². The molecule has 0 spiro atoms. The number of carbonyl (C=O) groups is 2. The third-order valence-corrected chi connectivity index (χ3v) is 3.57. The lowest BCUT2D eigenvalue weighted by Gasteiger charge is -2.39. The molecule has 1 aliphatic rings. The monoisotopic (exact) mass is 308 g/mol. The van der Waals surface area contributed by atoms with Gasteiger partial charge in [0, 0.05) is 19.6 Å². The smallest absolute Gasteiger partial charge is 0.322 e. The second-order valence-corrected chi connectivity index (χ2v) is 5.85. The first-order valence-electron chi connectivity index (χ1n) is 7.36. The average Bonchev–Trinajstić information content (AvgIpc) is 2.46. The largest absolute Gasteiger partial charge is 0.339 e. The first-order chi connectivity index (χ1) is 10.4. The number of carbonyl (C=O) groups excluding carboxylic acids is 2. The molecule has 0 aliphatic carbocycles. The normalized spacial score (nSPS) is 18.8. The number of halogens is 1. The fourth-order valence-corrected chi connectivity index (χ4v) is 2.47. The number of aromatic nitrogens is 1. The minimum absolute atomic E-state index is 0.0488. The maximum absolute atomic E-state index is 12.8. The van der Waals surface area contributed by atoms with Crippen LogP contribution in [0.3, 0.4) is 0 Å². The minimum atomic E-state index is -0.608. The van der Waals surface area contributed by atoms with Crippen molar-refractivity contribution in [1.29, 1.82) is 0 Å². The van der Waals surface area contributed by atoms with Crippen molar-refractivity contribution in [3.8, 4) is 0 Å². The van der Waals surface area contributed by atoms with Crippen LogP contribution in [0.4, 0.5) is 14.9 Å². The number of amides is 3. The zero-order chi connectivity index (χ0) is 16.3. The molecule has 0 saturated carbocycles. The van der Waals surface area contributed by atoms with E-state index in [2.05, 4.69) is 24.1 Å². The van der Waals surface area contributed by atoms with Crippen molar-refractivity contribution in [3.05, 3.63) is 24.3 Å². The van der Waals surface area contributed by atoms with Crippen molar-refractivity contribution in [1.82, 2.24) is 14.8 Å². The highest BCUT2D eigenvalue weighted by Gasteiger charge is 2.34. The third kappa shape index (κ3) is 3.72. The lowest BCUT2D eigenvalue weighted by Crippen LogP contribution is -2.58.